The Morgan fingerprint density at radius 1 is 1.20 bits per heavy atom. The van der Waals surface area contributed by atoms with Crippen LogP contribution in [0.1, 0.15) is 20.8 Å². The lowest BCUT2D eigenvalue weighted by molar-refractivity contribution is -0.121. The molecule has 0 bridgehead atoms. The van der Waals surface area contributed by atoms with E-state index >= 15 is 0 Å². The van der Waals surface area contributed by atoms with Crippen LogP contribution in [0.4, 0.5) is 5.69 Å². The topological polar surface area (TPSA) is 70.7 Å². The van der Waals surface area contributed by atoms with Gasteiger partial charge in [0.1, 0.15) is 0 Å². The Labute approximate surface area is 153 Å². The fourth-order valence-corrected chi connectivity index (χ4v) is 3.53. The quantitative estimate of drug-likeness (QED) is 0.723. The summed E-state index contributed by atoms with van der Waals surface area (Å²) in [5.41, 5.74) is 0.757. The van der Waals surface area contributed by atoms with Crippen LogP contribution in [-0.4, -0.2) is 60.9 Å². The Morgan fingerprint density at radius 2 is 1.84 bits per heavy atom. The lowest BCUT2D eigenvalue weighted by atomic mass is 10.2. The summed E-state index contributed by atoms with van der Waals surface area (Å²) in [5, 5.41) is 5.64. The fourth-order valence-electron chi connectivity index (χ4n) is 2.65. The normalized spacial score (nSPS) is 17.6. The number of nitrogens with zero attached hydrogens (tertiary/aromatic N) is 1. The maximum atomic E-state index is 12.4. The molecule has 2 amide bonds. The third-order valence-electron chi connectivity index (χ3n) is 3.88. The molecule has 1 aromatic rings. The average Bonchev–Trinajstić information content (AvgIpc) is 2.57. The van der Waals surface area contributed by atoms with E-state index in [-0.39, 0.29) is 23.1 Å². The summed E-state index contributed by atoms with van der Waals surface area (Å²) in [5.74, 6) is -0.0564. The second kappa shape index (κ2) is 9.79. The summed E-state index contributed by atoms with van der Waals surface area (Å²) in [6.07, 6.45) is 0. The first-order chi connectivity index (χ1) is 11.9. The summed E-state index contributed by atoms with van der Waals surface area (Å²) in [7, 11) is 0. The number of hydrogen-bond acceptors (Lipinski definition) is 5. The highest BCUT2D eigenvalue weighted by atomic mass is 32.2. The Bertz CT molecular complexity index is 573. The number of thioether (sulfide) groups is 1. The second-order valence-corrected chi connectivity index (χ2v) is 7.70. The van der Waals surface area contributed by atoms with Crippen LogP contribution in [0, 0.1) is 0 Å². The Balaban J connectivity index is 1.77. The van der Waals surface area contributed by atoms with E-state index in [4.69, 9.17) is 4.74 Å². The monoisotopic (exact) mass is 365 g/mol. The van der Waals surface area contributed by atoms with E-state index in [1.807, 2.05) is 38.1 Å². The van der Waals surface area contributed by atoms with E-state index in [9.17, 15) is 9.59 Å². The predicted molar refractivity (Wildman–Crippen MR) is 101 cm³/mol. The van der Waals surface area contributed by atoms with Gasteiger partial charge in [-0.05, 0) is 38.1 Å². The van der Waals surface area contributed by atoms with Crippen molar-refractivity contribution in [1.29, 1.82) is 0 Å². The standard InChI is InChI=1S/C18H27N3O3S/c1-13(12-21-8-10-24-11-9-21)19-18(23)14(2)25-17-6-4-16(5-7-17)20-15(3)22/h4-7,13-14H,8-12H2,1-3H3,(H,19,23)(H,20,22). The number of hydrogen-bond donors (Lipinski definition) is 2. The van der Waals surface area contributed by atoms with Gasteiger partial charge in [0.25, 0.3) is 0 Å². The Morgan fingerprint density at radius 3 is 2.44 bits per heavy atom. The number of benzene rings is 1. The van der Waals surface area contributed by atoms with Crippen molar-refractivity contribution in [1.82, 2.24) is 10.2 Å². The molecule has 1 aromatic carbocycles. The van der Waals surface area contributed by atoms with Crippen molar-refractivity contribution in [2.24, 2.45) is 0 Å². The summed E-state index contributed by atoms with van der Waals surface area (Å²) in [6.45, 7) is 9.64. The molecule has 2 rings (SSSR count). The summed E-state index contributed by atoms with van der Waals surface area (Å²) in [4.78, 5) is 26.7. The molecule has 0 radical (unpaired) electrons. The molecule has 0 spiro atoms. The molecule has 0 aromatic heterocycles. The first kappa shape index (κ1) is 19.8. The molecular weight excluding hydrogens is 338 g/mol. The second-order valence-electron chi connectivity index (χ2n) is 6.29. The molecule has 2 unspecified atom stereocenters. The highest BCUT2D eigenvalue weighted by molar-refractivity contribution is 8.00. The first-order valence-corrected chi connectivity index (χ1v) is 9.47. The van der Waals surface area contributed by atoms with E-state index in [1.54, 1.807) is 0 Å². The first-order valence-electron chi connectivity index (χ1n) is 8.59. The molecule has 138 valence electrons. The molecule has 6 nitrogen and oxygen atoms in total. The number of carbonyl (C=O) groups excluding carboxylic acids is 2. The lowest BCUT2D eigenvalue weighted by Gasteiger charge is -2.29. The molecule has 25 heavy (non-hydrogen) atoms. The minimum Gasteiger partial charge on any atom is -0.379 e. The molecule has 2 N–H and O–H groups in total. The van der Waals surface area contributed by atoms with E-state index in [1.165, 1.54) is 18.7 Å². The zero-order valence-electron chi connectivity index (χ0n) is 15.1. The van der Waals surface area contributed by atoms with Gasteiger partial charge in [-0.15, -0.1) is 11.8 Å². The molecule has 1 aliphatic heterocycles. The number of anilines is 1. The van der Waals surface area contributed by atoms with Gasteiger partial charge in [0.15, 0.2) is 0 Å². The number of nitrogens with one attached hydrogen (secondary N) is 2. The van der Waals surface area contributed by atoms with Gasteiger partial charge in [-0.2, -0.15) is 0 Å². The molecule has 2 atom stereocenters. The fraction of sp³-hybridized carbons (Fsp3) is 0.556. The van der Waals surface area contributed by atoms with Crippen LogP contribution in [0.25, 0.3) is 0 Å². The van der Waals surface area contributed by atoms with Gasteiger partial charge in [0, 0.05) is 43.2 Å². The van der Waals surface area contributed by atoms with Crippen LogP contribution < -0.4 is 10.6 Å². The van der Waals surface area contributed by atoms with Crippen molar-refractivity contribution in [3.8, 4) is 0 Å². The van der Waals surface area contributed by atoms with E-state index < -0.39 is 0 Å². The number of carbonyl (C=O) groups is 2. The van der Waals surface area contributed by atoms with Crippen LogP contribution in [0.3, 0.4) is 0 Å². The van der Waals surface area contributed by atoms with Gasteiger partial charge in [0.2, 0.25) is 11.8 Å². The van der Waals surface area contributed by atoms with Gasteiger partial charge in [0.05, 0.1) is 18.5 Å². The lowest BCUT2D eigenvalue weighted by Crippen LogP contribution is -2.47. The SMILES string of the molecule is CC(=O)Nc1ccc(SC(C)C(=O)NC(C)CN2CCOCC2)cc1. The molecule has 0 aliphatic carbocycles. The minimum absolute atomic E-state index is 0.0386. The van der Waals surface area contributed by atoms with E-state index in [0.29, 0.717) is 0 Å². The minimum atomic E-state index is -0.182. The number of amides is 2. The zero-order chi connectivity index (χ0) is 18.2. The van der Waals surface area contributed by atoms with E-state index in [0.717, 1.165) is 43.4 Å². The number of morpholine rings is 1. The average molecular weight is 365 g/mol. The molecule has 7 heteroatoms. The van der Waals surface area contributed by atoms with Crippen LogP contribution in [0.5, 0.6) is 0 Å². The molecule has 1 fully saturated rings. The van der Waals surface area contributed by atoms with Crippen molar-refractivity contribution in [2.45, 2.75) is 37.0 Å². The third-order valence-corrected chi connectivity index (χ3v) is 4.99. The zero-order valence-corrected chi connectivity index (χ0v) is 15.9. The van der Waals surface area contributed by atoms with Crippen LogP contribution in [0.15, 0.2) is 29.2 Å². The summed E-state index contributed by atoms with van der Waals surface area (Å²) >= 11 is 1.51. The van der Waals surface area contributed by atoms with Crippen molar-refractivity contribution in [2.75, 3.05) is 38.2 Å². The van der Waals surface area contributed by atoms with Crippen molar-refractivity contribution in [3.63, 3.8) is 0 Å². The van der Waals surface area contributed by atoms with Gasteiger partial charge in [-0.3, -0.25) is 14.5 Å². The van der Waals surface area contributed by atoms with Gasteiger partial charge in [-0.25, -0.2) is 0 Å². The van der Waals surface area contributed by atoms with Crippen LogP contribution >= 0.6 is 11.8 Å². The molecule has 1 saturated heterocycles. The number of rotatable bonds is 7. The summed E-state index contributed by atoms with van der Waals surface area (Å²) < 4.78 is 5.34. The van der Waals surface area contributed by atoms with Crippen LogP contribution in [0.2, 0.25) is 0 Å². The molecular formula is C18H27N3O3S. The smallest absolute Gasteiger partial charge is 0.233 e. The maximum absolute atomic E-state index is 12.4. The Hall–Kier alpha value is -1.57. The molecule has 1 aliphatic rings. The van der Waals surface area contributed by atoms with Gasteiger partial charge >= 0.3 is 0 Å². The highest BCUT2D eigenvalue weighted by Crippen LogP contribution is 2.25. The largest absolute Gasteiger partial charge is 0.379 e. The van der Waals surface area contributed by atoms with Crippen molar-refractivity contribution < 1.29 is 14.3 Å². The van der Waals surface area contributed by atoms with Gasteiger partial charge < -0.3 is 15.4 Å². The maximum Gasteiger partial charge on any atom is 0.233 e. The van der Waals surface area contributed by atoms with Crippen LogP contribution in [-0.2, 0) is 14.3 Å². The van der Waals surface area contributed by atoms with E-state index in [2.05, 4.69) is 15.5 Å². The summed E-state index contributed by atoms with van der Waals surface area (Å²) in [6, 6.07) is 7.62. The molecule has 0 saturated carbocycles. The highest BCUT2D eigenvalue weighted by Gasteiger charge is 2.19. The van der Waals surface area contributed by atoms with Crippen molar-refractivity contribution >= 4 is 29.3 Å². The molecule has 1 heterocycles. The third kappa shape index (κ3) is 7.05. The van der Waals surface area contributed by atoms with Gasteiger partial charge in [-0.1, -0.05) is 0 Å². The predicted octanol–water partition coefficient (Wildman–Crippen LogP) is 1.96. The van der Waals surface area contributed by atoms with Crippen molar-refractivity contribution in [3.05, 3.63) is 24.3 Å². The number of ether oxygens (including phenoxy) is 1. The Kier molecular flexibility index (Phi) is 7.74.